The Balaban J connectivity index is 1.18. The van der Waals surface area contributed by atoms with Crippen LogP contribution in [0.2, 0.25) is 0 Å². The summed E-state index contributed by atoms with van der Waals surface area (Å²) in [4.78, 5) is 0. The topological polar surface area (TPSA) is 17.0 Å². The molecule has 1 heterocycles. The molecule has 0 bridgehead atoms. The van der Waals surface area contributed by atoms with Crippen LogP contribution in [0.15, 0.2) is 146 Å². The Hall–Kier alpha value is -5.86. The number of rotatable bonds is 8. The molecule has 2 heteroatoms. The average molecular weight is 689 g/mol. The number of para-hydroxylation sites is 3. The molecule has 8 rings (SSSR count). The molecule has 0 amide bonds. The third kappa shape index (κ3) is 6.23. The number of hydrogen-bond acceptors (Lipinski definition) is 1. The van der Waals surface area contributed by atoms with Gasteiger partial charge in [-0.05, 0) is 143 Å². The SMILES string of the molecule is Cc1ccccc1-c1ccccc1Nc1ccc(-c2cc(C(C)C)c(-c3ccc(-n4c5ccccc5c5ccccc54)cc3C)cc2C(C)C)c(C)c1. The molecule has 8 aromatic rings. The molecular formula is C51H48N2. The third-order valence-electron chi connectivity index (χ3n) is 11.0. The van der Waals surface area contributed by atoms with Crippen LogP contribution in [0.1, 0.15) is 67.3 Å². The second-order valence-electron chi connectivity index (χ2n) is 15.2. The number of aromatic nitrogens is 1. The number of benzene rings is 7. The Bertz CT molecular complexity index is 2580. The molecule has 1 aromatic heterocycles. The summed E-state index contributed by atoms with van der Waals surface area (Å²) in [5.74, 6) is 0.723. The van der Waals surface area contributed by atoms with Crippen molar-refractivity contribution < 1.29 is 0 Å². The van der Waals surface area contributed by atoms with Gasteiger partial charge < -0.3 is 9.88 Å². The molecule has 0 fully saturated rings. The predicted molar refractivity (Wildman–Crippen MR) is 229 cm³/mol. The highest BCUT2D eigenvalue weighted by Crippen LogP contribution is 2.42. The van der Waals surface area contributed by atoms with Gasteiger partial charge in [0, 0.05) is 33.4 Å². The minimum Gasteiger partial charge on any atom is -0.355 e. The first-order valence-electron chi connectivity index (χ1n) is 19.0. The molecule has 0 aliphatic heterocycles. The van der Waals surface area contributed by atoms with Crippen LogP contribution in [0.3, 0.4) is 0 Å². The lowest BCUT2D eigenvalue weighted by atomic mass is 9.82. The van der Waals surface area contributed by atoms with Gasteiger partial charge in [0.05, 0.1) is 11.0 Å². The van der Waals surface area contributed by atoms with E-state index in [1.807, 2.05) is 0 Å². The van der Waals surface area contributed by atoms with Crippen LogP contribution < -0.4 is 5.32 Å². The summed E-state index contributed by atoms with van der Waals surface area (Å²) in [7, 11) is 0. The van der Waals surface area contributed by atoms with Crippen LogP contribution in [-0.2, 0) is 0 Å². The van der Waals surface area contributed by atoms with E-state index in [-0.39, 0.29) is 0 Å². The number of nitrogens with zero attached hydrogens (tertiary/aromatic N) is 1. The fourth-order valence-corrected chi connectivity index (χ4v) is 8.25. The molecule has 53 heavy (non-hydrogen) atoms. The zero-order chi connectivity index (χ0) is 36.8. The van der Waals surface area contributed by atoms with Gasteiger partial charge in [-0.2, -0.15) is 0 Å². The number of fused-ring (bicyclic) bond motifs is 3. The third-order valence-corrected chi connectivity index (χ3v) is 11.0. The van der Waals surface area contributed by atoms with Crippen molar-refractivity contribution in [2.24, 2.45) is 0 Å². The van der Waals surface area contributed by atoms with Crippen LogP contribution in [0.5, 0.6) is 0 Å². The molecule has 0 aliphatic carbocycles. The van der Waals surface area contributed by atoms with Crippen molar-refractivity contribution in [2.75, 3.05) is 5.32 Å². The maximum atomic E-state index is 3.75. The van der Waals surface area contributed by atoms with Crippen molar-refractivity contribution in [3.8, 4) is 39.1 Å². The number of anilines is 2. The number of nitrogens with one attached hydrogen (secondary N) is 1. The molecule has 0 radical (unpaired) electrons. The normalized spacial score (nSPS) is 11.6. The molecule has 0 atom stereocenters. The molecule has 0 saturated heterocycles. The van der Waals surface area contributed by atoms with Crippen LogP contribution in [-0.4, -0.2) is 4.57 Å². The van der Waals surface area contributed by atoms with Crippen LogP contribution in [0.25, 0.3) is 60.9 Å². The van der Waals surface area contributed by atoms with E-state index < -0.39 is 0 Å². The van der Waals surface area contributed by atoms with Gasteiger partial charge in [-0.25, -0.2) is 0 Å². The standard InChI is InChI=1S/C51H48N2/c1-32(2)45-31-48(41-27-25-38(29-36(41)7)53-50-22-14-11-19-43(50)44-20-12-15-23-51(44)53)46(33(3)4)30-47(45)40-26-24-37(28-35(40)6)52-49-21-13-10-18-42(49)39-17-9-8-16-34(39)5/h8-33,52H,1-7H3. The largest absolute Gasteiger partial charge is 0.355 e. The highest BCUT2D eigenvalue weighted by molar-refractivity contribution is 6.09. The van der Waals surface area contributed by atoms with Gasteiger partial charge in [0.25, 0.3) is 0 Å². The van der Waals surface area contributed by atoms with E-state index in [4.69, 9.17) is 0 Å². The zero-order valence-electron chi connectivity index (χ0n) is 32.0. The summed E-state index contributed by atoms with van der Waals surface area (Å²) in [6, 6.07) is 53.5. The first-order chi connectivity index (χ1) is 25.7. The Kier molecular flexibility index (Phi) is 9.00. The Morgan fingerprint density at radius 2 is 0.906 bits per heavy atom. The van der Waals surface area contributed by atoms with E-state index in [0.29, 0.717) is 11.8 Å². The Morgan fingerprint density at radius 3 is 1.47 bits per heavy atom. The van der Waals surface area contributed by atoms with E-state index in [9.17, 15) is 0 Å². The molecule has 0 spiro atoms. The Labute approximate surface area is 314 Å². The van der Waals surface area contributed by atoms with Crippen molar-refractivity contribution >= 4 is 33.2 Å². The highest BCUT2D eigenvalue weighted by Gasteiger charge is 2.20. The van der Waals surface area contributed by atoms with Crippen molar-refractivity contribution in [3.63, 3.8) is 0 Å². The maximum Gasteiger partial charge on any atom is 0.0541 e. The summed E-state index contributed by atoms with van der Waals surface area (Å²) in [5, 5.41) is 6.33. The molecule has 0 unspecified atom stereocenters. The predicted octanol–water partition coefficient (Wildman–Crippen LogP) is 14.7. The van der Waals surface area contributed by atoms with Crippen molar-refractivity contribution in [3.05, 3.63) is 173 Å². The molecule has 0 aliphatic rings. The number of aryl methyl sites for hydroxylation is 3. The monoisotopic (exact) mass is 688 g/mol. The maximum absolute atomic E-state index is 3.75. The van der Waals surface area contributed by atoms with Gasteiger partial charge in [0.2, 0.25) is 0 Å². The zero-order valence-corrected chi connectivity index (χ0v) is 32.0. The molecule has 262 valence electrons. The first-order valence-corrected chi connectivity index (χ1v) is 19.0. The van der Waals surface area contributed by atoms with Crippen molar-refractivity contribution in [1.29, 1.82) is 0 Å². The number of hydrogen-bond donors (Lipinski definition) is 1. The van der Waals surface area contributed by atoms with Crippen LogP contribution in [0, 0.1) is 20.8 Å². The van der Waals surface area contributed by atoms with E-state index in [1.165, 1.54) is 88.7 Å². The van der Waals surface area contributed by atoms with E-state index in [1.54, 1.807) is 0 Å². The lowest BCUT2D eigenvalue weighted by Gasteiger charge is -2.23. The van der Waals surface area contributed by atoms with Gasteiger partial charge in [0.1, 0.15) is 0 Å². The second-order valence-corrected chi connectivity index (χ2v) is 15.2. The summed E-state index contributed by atoms with van der Waals surface area (Å²) >= 11 is 0. The van der Waals surface area contributed by atoms with Gasteiger partial charge in [-0.1, -0.05) is 119 Å². The molecule has 2 nitrogen and oxygen atoms in total. The Morgan fingerprint density at radius 1 is 0.415 bits per heavy atom. The summed E-state index contributed by atoms with van der Waals surface area (Å²) in [6.45, 7) is 16.0. The van der Waals surface area contributed by atoms with Crippen molar-refractivity contribution in [2.45, 2.75) is 60.3 Å². The molecule has 1 N–H and O–H groups in total. The smallest absolute Gasteiger partial charge is 0.0541 e. The minimum absolute atomic E-state index is 0.361. The second kappa shape index (κ2) is 13.9. The van der Waals surface area contributed by atoms with Crippen molar-refractivity contribution in [1.82, 2.24) is 4.57 Å². The first kappa shape index (κ1) is 34.2. The van der Waals surface area contributed by atoms with Crippen LogP contribution >= 0.6 is 0 Å². The van der Waals surface area contributed by atoms with Crippen LogP contribution in [0.4, 0.5) is 11.4 Å². The average Bonchev–Trinajstić information content (AvgIpc) is 3.49. The molecule has 0 saturated carbocycles. The molecule has 7 aromatic carbocycles. The van der Waals surface area contributed by atoms with Gasteiger partial charge >= 0.3 is 0 Å². The lowest BCUT2D eigenvalue weighted by molar-refractivity contribution is 0.848. The lowest BCUT2D eigenvalue weighted by Crippen LogP contribution is -2.02. The molecular weight excluding hydrogens is 641 g/mol. The van der Waals surface area contributed by atoms with E-state index >= 15 is 0 Å². The summed E-state index contributed by atoms with van der Waals surface area (Å²) in [5.41, 5.74) is 20.2. The highest BCUT2D eigenvalue weighted by atomic mass is 15.0. The van der Waals surface area contributed by atoms with Gasteiger partial charge in [0.15, 0.2) is 0 Å². The van der Waals surface area contributed by atoms with Gasteiger partial charge in [-0.15, -0.1) is 0 Å². The van der Waals surface area contributed by atoms with E-state index in [2.05, 4.69) is 204 Å². The summed E-state index contributed by atoms with van der Waals surface area (Å²) in [6.07, 6.45) is 0. The van der Waals surface area contributed by atoms with Gasteiger partial charge in [-0.3, -0.25) is 0 Å². The van der Waals surface area contributed by atoms with E-state index in [0.717, 1.165) is 11.4 Å². The fourth-order valence-electron chi connectivity index (χ4n) is 8.25. The fraction of sp³-hybridized carbons (Fsp3) is 0.176. The quantitative estimate of drug-likeness (QED) is 0.168. The summed E-state index contributed by atoms with van der Waals surface area (Å²) < 4.78 is 2.41. The minimum atomic E-state index is 0.361.